The van der Waals surface area contributed by atoms with Gasteiger partial charge >= 0.3 is 0 Å². The van der Waals surface area contributed by atoms with E-state index in [-0.39, 0.29) is 12.8 Å². The molecule has 1 amide bonds. The molecule has 11 heteroatoms. The van der Waals surface area contributed by atoms with Crippen molar-refractivity contribution in [2.75, 3.05) is 13.2 Å². The standard InChI is InChI=1S/C56H109NO10/c1-3-5-7-9-11-13-14-15-16-17-18-19-20-21-22-23-24-25-26-27-28-29-30-31-32-33-34-35-36-38-40-42-44-49(60)55(65)57-47(46-66-56-54(64)53(63)52(62)50(45-58)67-56)51(61)48(59)43-41-39-37-12-10-8-6-4-2/h12,37,47-54,56,58-64H,3-11,13-36,38-46H2,1-2H3,(H,57,65)/b37-12+. The average Bonchev–Trinajstić information content (AvgIpc) is 3.33. The molecule has 9 atom stereocenters. The van der Waals surface area contributed by atoms with Gasteiger partial charge < -0.3 is 50.5 Å². The lowest BCUT2D eigenvalue weighted by atomic mass is 9.98. The lowest BCUT2D eigenvalue weighted by Gasteiger charge is -2.40. The van der Waals surface area contributed by atoms with Gasteiger partial charge in [-0.1, -0.05) is 244 Å². The van der Waals surface area contributed by atoms with Gasteiger partial charge in [0.25, 0.3) is 0 Å². The van der Waals surface area contributed by atoms with Crippen molar-refractivity contribution in [2.24, 2.45) is 0 Å². The molecule has 1 saturated heterocycles. The zero-order valence-corrected chi connectivity index (χ0v) is 43.4. The molecule has 67 heavy (non-hydrogen) atoms. The minimum atomic E-state index is -1.66. The van der Waals surface area contributed by atoms with Gasteiger partial charge in [0.2, 0.25) is 5.91 Å². The maximum atomic E-state index is 13.1. The molecule has 9 unspecified atom stereocenters. The molecule has 1 fully saturated rings. The predicted molar refractivity (Wildman–Crippen MR) is 275 cm³/mol. The quantitative estimate of drug-likeness (QED) is 0.0215. The summed E-state index contributed by atoms with van der Waals surface area (Å²) >= 11 is 0. The van der Waals surface area contributed by atoms with E-state index in [0.29, 0.717) is 12.8 Å². The minimum Gasteiger partial charge on any atom is -0.394 e. The molecule has 0 bridgehead atoms. The number of carbonyl (C=O) groups excluding carboxylic acids is 1. The number of unbranched alkanes of at least 4 members (excludes halogenated alkanes) is 35. The van der Waals surface area contributed by atoms with Crippen LogP contribution in [0.2, 0.25) is 0 Å². The first-order valence-corrected chi connectivity index (χ1v) is 28.6. The van der Waals surface area contributed by atoms with Gasteiger partial charge in [-0.05, 0) is 38.5 Å². The van der Waals surface area contributed by atoms with Crippen LogP contribution in [0, 0.1) is 0 Å². The van der Waals surface area contributed by atoms with E-state index in [9.17, 15) is 40.5 Å². The first kappa shape index (κ1) is 63.9. The highest BCUT2D eigenvalue weighted by molar-refractivity contribution is 5.80. The molecule has 1 rings (SSSR count). The second kappa shape index (κ2) is 46.0. The fraction of sp³-hybridized carbons (Fsp3) is 0.946. The van der Waals surface area contributed by atoms with Crippen LogP contribution in [-0.4, -0.2) is 110 Å². The molecule has 0 radical (unpaired) electrons. The molecule has 398 valence electrons. The minimum absolute atomic E-state index is 0.259. The van der Waals surface area contributed by atoms with Gasteiger partial charge in [0.1, 0.15) is 36.6 Å². The van der Waals surface area contributed by atoms with Crippen molar-refractivity contribution >= 4 is 5.91 Å². The van der Waals surface area contributed by atoms with E-state index in [4.69, 9.17) is 9.47 Å². The molecule has 0 spiro atoms. The topological polar surface area (TPSA) is 189 Å². The molecule has 1 aliphatic rings. The molecule has 0 aromatic rings. The summed E-state index contributed by atoms with van der Waals surface area (Å²) in [4.78, 5) is 13.1. The Hall–Kier alpha value is -1.15. The summed E-state index contributed by atoms with van der Waals surface area (Å²) < 4.78 is 11.1. The highest BCUT2D eigenvalue weighted by atomic mass is 16.7. The number of hydrogen-bond donors (Lipinski definition) is 8. The Morgan fingerprint density at radius 3 is 1.28 bits per heavy atom. The van der Waals surface area contributed by atoms with Gasteiger partial charge in [0, 0.05) is 0 Å². The van der Waals surface area contributed by atoms with Crippen LogP contribution in [0.1, 0.15) is 271 Å². The normalized spacial score (nSPS) is 20.6. The van der Waals surface area contributed by atoms with Crippen LogP contribution in [0.3, 0.4) is 0 Å². The van der Waals surface area contributed by atoms with Crippen LogP contribution in [-0.2, 0) is 14.3 Å². The van der Waals surface area contributed by atoms with Crippen LogP contribution in [0.5, 0.6) is 0 Å². The number of allylic oxidation sites excluding steroid dienone is 2. The van der Waals surface area contributed by atoms with E-state index in [1.54, 1.807) is 0 Å². The first-order valence-electron chi connectivity index (χ1n) is 28.6. The highest BCUT2D eigenvalue weighted by Gasteiger charge is 2.44. The number of aliphatic hydroxyl groups excluding tert-OH is 7. The largest absolute Gasteiger partial charge is 0.394 e. The van der Waals surface area contributed by atoms with Crippen LogP contribution in [0.15, 0.2) is 12.2 Å². The number of nitrogens with one attached hydrogen (secondary N) is 1. The Morgan fingerprint density at radius 2 is 0.881 bits per heavy atom. The van der Waals surface area contributed by atoms with Gasteiger partial charge in [0.05, 0.1) is 25.4 Å². The Labute approximate surface area is 411 Å². The van der Waals surface area contributed by atoms with E-state index in [1.165, 1.54) is 186 Å². The molecule has 1 heterocycles. The lowest BCUT2D eigenvalue weighted by Crippen LogP contribution is -2.60. The van der Waals surface area contributed by atoms with Crippen molar-refractivity contribution in [2.45, 2.75) is 326 Å². The summed E-state index contributed by atoms with van der Waals surface area (Å²) in [5.41, 5.74) is 0. The van der Waals surface area contributed by atoms with Crippen LogP contribution in [0.4, 0.5) is 0 Å². The van der Waals surface area contributed by atoms with E-state index in [0.717, 1.165) is 44.9 Å². The van der Waals surface area contributed by atoms with Gasteiger partial charge in [-0.3, -0.25) is 4.79 Å². The number of carbonyl (C=O) groups is 1. The highest BCUT2D eigenvalue weighted by Crippen LogP contribution is 2.23. The maximum absolute atomic E-state index is 13.1. The molecule has 0 aromatic carbocycles. The van der Waals surface area contributed by atoms with E-state index >= 15 is 0 Å². The third kappa shape index (κ3) is 34.8. The third-order valence-electron chi connectivity index (χ3n) is 14.1. The second-order valence-corrected chi connectivity index (χ2v) is 20.4. The average molecular weight is 956 g/mol. The van der Waals surface area contributed by atoms with Crippen molar-refractivity contribution in [3.8, 4) is 0 Å². The van der Waals surface area contributed by atoms with Crippen LogP contribution < -0.4 is 5.32 Å². The SMILES string of the molecule is CCCCC/C=C/CCCC(O)C(O)C(COC1OC(CO)C(O)C(O)C1O)NC(=O)C(O)CCCCCCCCCCCCCCCCCCCCCCCCCCCCCCCCCC. The molecule has 1 aliphatic heterocycles. The van der Waals surface area contributed by atoms with Crippen molar-refractivity contribution < 1.29 is 50.0 Å². The Morgan fingerprint density at radius 1 is 0.507 bits per heavy atom. The number of ether oxygens (including phenoxy) is 2. The van der Waals surface area contributed by atoms with Crippen molar-refractivity contribution in [3.05, 3.63) is 12.2 Å². The van der Waals surface area contributed by atoms with E-state index < -0.39 is 74.2 Å². The molecule has 11 nitrogen and oxygen atoms in total. The summed E-state index contributed by atoms with van der Waals surface area (Å²) in [6.45, 7) is 3.39. The number of aliphatic hydroxyl groups is 7. The third-order valence-corrected chi connectivity index (χ3v) is 14.1. The van der Waals surface area contributed by atoms with Gasteiger partial charge in [-0.15, -0.1) is 0 Å². The van der Waals surface area contributed by atoms with Crippen molar-refractivity contribution in [3.63, 3.8) is 0 Å². The smallest absolute Gasteiger partial charge is 0.249 e. The molecular formula is C56H109NO10. The Balaban J connectivity index is 2.12. The van der Waals surface area contributed by atoms with E-state index in [1.807, 2.05) is 0 Å². The summed E-state index contributed by atoms with van der Waals surface area (Å²) in [6, 6.07) is -1.18. The molecule has 8 N–H and O–H groups in total. The fourth-order valence-corrected chi connectivity index (χ4v) is 9.39. The molecule has 0 aliphatic carbocycles. The van der Waals surface area contributed by atoms with Crippen LogP contribution >= 0.6 is 0 Å². The van der Waals surface area contributed by atoms with Gasteiger partial charge in [-0.25, -0.2) is 0 Å². The molecule has 0 saturated carbocycles. The summed E-state index contributed by atoms with van der Waals surface area (Å²) in [6.07, 6.45) is 41.9. The Kier molecular flexibility index (Phi) is 43.8. The summed E-state index contributed by atoms with van der Waals surface area (Å²) in [7, 11) is 0. The predicted octanol–water partition coefficient (Wildman–Crippen LogP) is 11.6. The number of rotatable bonds is 49. The fourth-order valence-electron chi connectivity index (χ4n) is 9.39. The monoisotopic (exact) mass is 956 g/mol. The Bertz CT molecular complexity index is 1100. The summed E-state index contributed by atoms with van der Waals surface area (Å²) in [5, 5.41) is 75.6. The van der Waals surface area contributed by atoms with E-state index in [2.05, 4.69) is 31.3 Å². The van der Waals surface area contributed by atoms with Crippen molar-refractivity contribution in [1.29, 1.82) is 0 Å². The zero-order valence-electron chi connectivity index (χ0n) is 43.4. The first-order chi connectivity index (χ1) is 32.7. The van der Waals surface area contributed by atoms with Gasteiger partial charge in [0.15, 0.2) is 6.29 Å². The zero-order chi connectivity index (χ0) is 49.0. The van der Waals surface area contributed by atoms with Crippen LogP contribution in [0.25, 0.3) is 0 Å². The number of amides is 1. The van der Waals surface area contributed by atoms with Crippen molar-refractivity contribution in [1.82, 2.24) is 5.32 Å². The second-order valence-electron chi connectivity index (χ2n) is 20.4. The molecular weight excluding hydrogens is 847 g/mol. The molecule has 0 aromatic heterocycles. The lowest BCUT2D eigenvalue weighted by molar-refractivity contribution is -0.303. The van der Waals surface area contributed by atoms with Gasteiger partial charge in [-0.2, -0.15) is 0 Å². The number of hydrogen-bond acceptors (Lipinski definition) is 10. The summed E-state index contributed by atoms with van der Waals surface area (Å²) in [5.74, 6) is -0.704. The maximum Gasteiger partial charge on any atom is 0.249 e.